The SMILES string of the molecule is CCS(=O)(=O)CCNc1ncnc2ccsc12. The molecule has 5 nitrogen and oxygen atoms in total. The summed E-state index contributed by atoms with van der Waals surface area (Å²) in [6, 6.07) is 1.91. The van der Waals surface area contributed by atoms with E-state index in [1.165, 1.54) is 6.33 Å². The van der Waals surface area contributed by atoms with E-state index in [9.17, 15) is 8.42 Å². The van der Waals surface area contributed by atoms with Crippen LogP contribution in [0.1, 0.15) is 6.92 Å². The van der Waals surface area contributed by atoms with Crippen LogP contribution in [0.25, 0.3) is 10.2 Å². The van der Waals surface area contributed by atoms with E-state index in [-0.39, 0.29) is 11.5 Å². The summed E-state index contributed by atoms with van der Waals surface area (Å²) in [5, 5.41) is 4.98. The van der Waals surface area contributed by atoms with Crippen molar-refractivity contribution >= 4 is 37.2 Å². The number of nitrogens with one attached hydrogen (secondary N) is 1. The number of hydrogen-bond donors (Lipinski definition) is 1. The van der Waals surface area contributed by atoms with E-state index < -0.39 is 9.84 Å². The molecule has 0 aliphatic heterocycles. The van der Waals surface area contributed by atoms with Gasteiger partial charge >= 0.3 is 0 Å². The highest BCUT2D eigenvalue weighted by Gasteiger charge is 2.08. The van der Waals surface area contributed by atoms with Crippen LogP contribution in [-0.4, -0.2) is 36.4 Å². The molecule has 92 valence electrons. The quantitative estimate of drug-likeness (QED) is 0.893. The van der Waals surface area contributed by atoms with Crippen molar-refractivity contribution in [2.45, 2.75) is 6.92 Å². The first kappa shape index (κ1) is 12.3. The van der Waals surface area contributed by atoms with Crippen molar-refractivity contribution in [1.29, 1.82) is 0 Å². The highest BCUT2D eigenvalue weighted by atomic mass is 32.2. The van der Waals surface area contributed by atoms with E-state index in [1.807, 2.05) is 11.4 Å². The van der Waals surface area contributed by atoms with Gasteiger partial charge in [0, 0.05) is 12.3 Å². The van der Waals surface area contributed by atoms with Crippen LogP contribution in [0.3, 0.4) is 0 Å². The van der Waals surface area contributed by atoms with Gasteiger partial charge in [-0.1, -0.05) is 6.92 Å². The Balaban J connectivity index is 2.07. The fourth-order valence-electron chi connectivity index (χ4n) is 1.38. The van der Waals surface area contributed by atoms with Gasteiger partial charge in [0.2, 0.25) is 0 Å². The van der Waals surface area contributed by atoms with E-state index in [0.29, 0.717) is 12.4 Å². The Morgan fingerprint density at radius 3 is 3.00 bits per heavy atom. The average molecular weight is 271 g/mol. The summed E-state index contributed by atoms with van der Waals surface area (Å²) < 4.78 is 23.6. The predicted molar refractivity (Wildman–Crippen MR) is 70.2 cm³/mol. The number of aromatic nitrogens is 2. The van der Waals surface area contributed by atoms with Gasteiger partial charge in [0.1, 0.15) is 12.1 Å². The van der Waals surface area contributed by atoms with Crippen LogP contribution in [0, 0.1) is 0 Å². The van der Waals surface area contributed by atoms with Crippen LogP contribution in [-0.2, 0) is 9.84 Å². The standard InChI is InChI=1S/C10H13N3O2S2/c1-2-17(14,15)6-4-11-10-9-8(3-5-16-9)12-7-13-10/h3,5,7H,2,4,6H2,1H3,(H,11,12,13). The molecule has 0 fully saturated rings. The number of nitrogens with zero attached hydrogens (tertiary/aromatic N) is 2. The van der Waals surface area contributed by atoms with Gasteiger partial charge in [-0.15, -0.1) is 11.3 Å². The minimum absolute atomic E-state index is 0.125. The fourth-order valence-corrected chi connectivity index (χ4v) is 2.90. The molecule has 0 amide bonds. The zero-order valence-electron chi connectivity index (χ0n) is 9.38. The van der Waals surface area contributed by atoms with Gasteiger partial charge in [0.15, 0.2) is 9.84 Å². The van der Waals surface area contributed by atoms with Crippen molar-refractivity contribution in [3.63, 3.8) is 0 Å². The molecular weight excluding hydrogens is 258 g/mol. The third kappa shape index (κ3) is 2.92. The van der Waals surface area contributed by atoms with Gasteiger partial charge in [0.05, 0.1) is 16.0 Å². The van der Waals surface area contributed by atoms with E-state index in [0.717, 1.165) is 10.2 Å². The maximum absolute atomic E-state index is 11.3. The molecule has 0 atom stereocenters. The molecule has 0 unspecified atom stereocenters. The summed E-state index contributed by atoms with van der Waals surface area (Å²) in [5.74, 6) is 1.00. The van der Waals surface area contributed by atoms with Gasteiger partial charge in [-0.25, -0.2) is 18.4 Å². The highest BCUT2D eigenvalue weighted by Crippen LogP contribution is 2.24. The molecule has 2 aromatic heterocycles. The largest absolute Gasteiger partial charge is 0.368 e. The molecule has 0 aliphatic rings. The van der Waals surface area contributed by atoms with E-state index >= 15 is 0 Å². The Hall–Kier alpha value is -1.21. The molecule has 1 N–H and O–H groups in total. The fraction of sp³-hybridized carbons (Fsp3) is 0.400. The monoisotopic (exact) mass is 271 g/mol. The van der Waals surface area contributed by atoms with Crippen molar-refractivity contribution in [1.82, 2.24) is 9.97 Å². The molecule has 2 rings (SSSR count). The normalized spacial score (nSPS) is 11.8. The Morgan fingerprint density at radius 1 is 1.41 bits per heavy atom. The molecule has 2 aromatic rings. The molecule has 0 aromatic carbocycles. The van der Waals surface area contributed by atoms with Crippen molar-refractivity contribution < 1.29 is 8.42 Å². The van der Waals surface area contributed by atoms with Crippen LogP contribution < -0.4 is 5.32 Å². The van der Waals surface area contributed by atoms with Crippen molar-refractivity contribution in [2.75, 3.05) is 23.4 Å². The lowest BCUT2D eigenvalue weighted by Gasteiger charge is -2.05. The molecule has 0 saturated carbocycles. The Bertz CT molecular complexity index is 607. The van der Waals surface area contributed by atoms with Crippen molar-refractivity contribution in [3.8, 4) is 0 Å². The summed E-state index contributed by atoms with van der Waals surface area (Å²) in [5.41, 5.74) is 0.880. The molecular formula is C10H13N3O2S2. The number of sulfone groups is 1. The smallest absolute Gasteiger partial charge is 0.151 e. The van der Waals surface area contributed by atoms with Gasteiger partial charge < -0.3 is 5.32 Å². The summed E-state index contributed by atoms with van der Waals surface area (Å²) in [7, 11) is -2.93. The number of hydrogen-bond acceptors (Lipinski definition) is 6. The second-order valence-electron chi connectivity index (χ2n) is 3.52. The molecule has 2 heterocycles. The first-order chi connectivity index (χ1) is 8.12. The van der Waals surface area contributed by atoms with Crippen LogP contribution in [0.4, 0.5) is 5.82 Å². The maximum Gasteiger partial charge on any atom is 0.151 e. The van der Waals surface area contributed by atoms with Gasteiger partial charge in [-0.05, 0) is 11.4 Å². The van der Waals surface area contributed by atoms with Crippen LogP contribution in [0.15, 0.2) is 17.8 Å². The molecule has 17 heavy (non-hydrogen) atoms. The average Bonchev–Trinajstić information content (AvgIpc) is 2.78. The predicted octanol–water partition coefficient (Wildman–Crippen LogP) is 1.54. The topological polar surface area (TPSA) is 72.0 Å². The van der Waals surface area contributed by atoms with E-state index in [1.54, 1.807) is 18.3 Å². The third-order valence-corrected chi connectivity index (χ3v) is 5.00. The minimum Gasteiger partial charge on any atom is -0.368 e. The lowest BCUT2D eigenvalue weighted by Crippen LogP contribution is -2.17. The van der Waals surface area contributed by atoms with Crippen LogP contribution >= 0.6 is 11.3 Å². The Labute approximate surface area is 104 Å². The van der Waals surface area contributed by atoms with Crippen molar-refractivity contribution in [2.24, 2.45) is 0 Å². The molecule has 0 aliphatic carbocycles. The molecule has 0 radical (unpaired) electrons. The summed E-state index contributed by atoms with van der Waals surface area (Å²) in [6.45, 7) is 2.03. The first-order valence-corrected chi connectivity index (χ1v) is 7.95. The number of thiophene rings is 1. The number of anilines is 1. The molecule has 0 saturated heterocycles. The number of rotatable bonds is 5. The number of fused-ring (bicyclic) bond motifs is 1. The van der Waals surface area contributed by atoms with Crippen LogP contribution in [0.2, 0.25) is 0 Å². The third-order valence-electron chi connectivity index (χ3n) is 2.39. The second kappa shape index (κ2) is 4.97. The minimum atomic E-state index is -2.93. The Kier molecular flexibility index (Phi) is 3.58. The lowest BCUT2D eigenvalue weighted by molar-refractivity contribution is 0.597. The van der Waals surface area contributed by atoms with Gasteiger partial charge in [0.25, 0.3) is 0 Å². The lowest BCUT2D eigenvalue weighted by atomic mass is 10.4. The van der Waals surface area contributed by atoms with E-state index in [2.05, 4.69) is 15.3 Å². The summed E-state index contributed by atoms with van der Waals surface area (Å²) in [4.78, 5) is 8.23. The zero-order valence-corrected chi connectivity index (χ0v) is 11.0. The summed E-state index contributed by atoms with van der Waals surface area (Å²) >= 11 is 1.54. The van der Waals surface area contributed by atoms with Gasteiger partial charge in [-0.3, -0.25) is 0 Å². The molecule has 0 spiro atoms. The van der Waals surface area contributed by atoms with Gasteiger partial charge in [-0.2, -0.15) is 0 Å². The Morgan fingerprint density at radius 2 is 2.24 bits per heavy atom. The first-order valence-electron chi connectivity index (χ1n) is 5.25. The van der Waals surface area contributed by atoms with Crippen LogP contribution in [0.5, 0.6) is 0 Å². The second-order valence-corrected chi connectivity index (χ2v) is 6.91. The van der Waals surface area contributed by atoms with Crippen molar-refractivity contribution in [3.05, 3.63) is 17.8 Å². The van der Waals surface area contributed by atoms with E-state index in [4.69, 9.17) is 0 Å². The maximum atomic E-state index is 11.3. The molecule has 0 bridgehead atoms. The zero-order chi connectivity index (χ0) is 12.3. The molecule has 7 heteroatoms. The highest BCUT2D eigenvalue weighted by molar-refractivity contribution is 7.91. The summed E-state index contributed by atoms with van der Waals surface area (Å²) in [6.07, 6.45) is 1.48.